The number of ether oxygens (including phenoxy) is 2. The topological polar surface area (TPSA) is 59.6 Å². The Bertz CT molecular complexity index is 476. The largest absolute Gasteiger partial charge is 0.497 e. The summed E-state index contributed by atoms with van der Waals surface area (Å²) in [6, 6.07) is 5.38. The van der Waals surface area contributed by atoms with Crippen molar-refractivity contribution in [3.63, 3.8) is 0 Å². The maximum absolute atomic E-state index is 12.3. The van der Waals surface area contributed by atoms with Crippen molar-refractivity contribution >= 4 is 5.91 Å². The highest BCUT2D eigenvalue weighted by Crippen LogP contribution is 2.24. The Morgan fingerprint density at radius 1 is 1.30 bits per heavy atom. The molecule has 0 bridgehead atoms. The normalized spacial score (nSPS) is 22.1. The van der Waals surface area contributed by atoms with Crippen molar-refractivity contribution in [3.05, 3.63) is 23.8 Å². The van der Waals surface area contributed by atoms with Crippen LogP contribution in [0.1, 0.15) is 23.7 Å². The van der Waals surface area contributed by atoms with Crippen molar-refractivity contribution < 1.29 is 14.3 Å². The van der Waals surface area contributed by atoms with E-state index in [9.17, 15) is 4.79 Å². The van der Waals surface area contributed by atoms with Crippen LogP contribution in [-0.4, -0.2) is 39.3 Å². The van der Waals surface area contributed by atoms with Gasteiger partial charge in [0.2, 0.25) is 0 Å². The van der Waals surface area contributed by atoms with Crippen LogP contribution in [0, 0.1) is 5.92 Å². The van der Waals surface area contributed by atoms with Gasteiger partial charge in [-0.1, -0.05) is 6.92 Å². The number of benzene rings is 1. The lowest BCUT2D eigenvalue weighted by atomic mass is 9.97. The van der Waals surface area contributed by atoms with Gasteiger partial charge in [-0.15, -0.1) is 0 Å². The van der Waals surface area contributed by atoms with Crippen LogP contribution in [0.15, 0.2) is 18.2 Å². The number of carbonyl (C=O) groups is 1. The lowest BCUT2D eigenvalue weighted by molar-refractivity contribution is 0.0922. The molecule has 5 heteroatoms. The third-order valence-corrected chi connectivity index (χ3v) is 3.56. The van der Waals surface area contributed by atoms with E-state index in [0.717, 1.165) is 19.5 Å². The average Bonchev–Trinajstić information content (AvgIpc) is 2.46. The number of hydrogen-bond acceptors (Lipinski definition) is 4. The Morgan fingerprint density at radius 2 is 2.10 bits per heavy atom. The molecule has 1 aliphatic rings. The van der Waals surface area contributed by atoms with Crippen LogP contribution in [0.5, 0.6) is 11.5 Å². The Balaban J connectivity index is 2.08. The summed E-state index contributed by atoms with van der Waals surface area (Å²) in [6.45, 7) is 4.01. The fraction of sp³-hybridized carbons (Fsp3) is 0.533. The monoisotopic (exact) mass is 278 g/mol. The summed E-state index contributed by atoms with van der Waals surface area (Å²) < 4.78 is 10.4. The summed E-state index contributed by atoms with van der Waals surface area (Å²) in [4.78, 5) is 12.3. The maximum Gasteiger partial charge on any atom is 0.255 e. The standard InChI is InChI=1S/C15H22N2O3/c1-10-6-11(9-16-8-10)17-15(18)13-5-4-12(19-2)7-14(13)20-3/h4-5,7,10-11,16H,6,8-9H2,1-3H3,(H,17,18). The number of carbonyl (C=O) groups excluding carboxylic acids is 1. The Labute approximate surface area is 119 Å². The number of methoxy groups -OCH3 is 2. The Kier molecular flexibility index (Phi) is 4.84. The van der Waals surface area contributed by atoms with E-state index >= 15 is 0 Å². The lowest BCUT2D eigenvalue weighted by Gasteiger charge is -2.28. The number of hydrogen-bond donors (Lipinski definition) is 2. The molecule has 1 heterocycles. The van der Waals surface area contributed by atoms with E-state index in [0.29, 0.717) is 23.0 Å². The fourth-order valence-electron chi connectivity index (χ4n) is 2.52. The van der Waals surface area contributed by atoms with Gasteiger partial charge in [-0.05, 0) is 31.0 Å². The first-order chi connectivity index (χ1) is 9.63. The van der Waals surface area contributed by atoms with E-state index in [1.165, 1.54) is 0 Å². The zero-order valence-electron chi connectivity index (χ0n) is 12.2. The second-order valence-electron chi connectivity index (χ2n) is 5.24. The van der Waals surface area contributed by atoms with Gasteiger partial charge in [-0.25, -0.2) is 0 Å². The predicted molar refractivity (Wildman–Crippen MR) is 77.5 cm³/mol. The zero-order valence-corrected chi connectivity index (χ0v) is 12.2. The highest BCUT2D eigenvalue weighted by molar-refractivity contribution is 5.97. The van der Waals surface area contributed by atoms with Crippen LogP contribution < -0.4 is 20.1 Å². The third kappa shape index (κ3) is 3.42. The molecular formula is C15H22N2O3. The van der Waals surface area contributed by atoms with Gasteiger partial charge >= 0.3 is 0 Å². The van der Waals surface area contributed by atoms with E-state index < -0.39 is 0 Å². The van der Waals surface area contributed by atoms with Gasteiger partial charge in [0, 0.05) is 18.7 Å². The number of nitrogens with one attached hydrogen (secondary N) is 2. The molecule has 2 rings (SSSR count). The van der Waals surface area contributed by atoms with Gasteiger partial charge in [0.05, 0.1) is 19.8 Å². The van der Waals surface area contributed by atoms with Gasteiger partial charge in [0.1, 0.15) is 11.5 Å². The zero-order chi connectivity index (χ0) is 14.5. The van der Waals surface area contributed by atoms with Crippen LogP contribution in [-0.2, 0) is 0 Å². The first kappa shape index (κ1) is 14.7. The number of rotatable bonds is 4. The molecule has 1 saturated heterocycles. The first-order valence-electron chi connectivity index (χ1n) is 6.87. The van der Waals surface area contributed by atoms with E-state index in [4.69, 9.17) is 9.47 Å². The molecule has 0 aromatic heterocycles. The van der Waals surface area contributed by atoms with Crippen LogP contribution in [0.2, 0.25) is 0 Å². The predicted octanol–water partition coefficient (Wildman–Crippen LogP) is 1.43. The molecule has 1 fully saturated rings. The van der Waals surface area contributed by atoms with E-state index in [2.05, 4.69) is 17.6 Å². The van der Waals surface area contributed by atoms with Crippen LogP contribution >= 0.6 is 0 Å². The van der Waals surface area contributed by atoms with E-state index in [1.54, 1.807) is 32.4 Å². The minimum Gasteiger partial charge on any atom is -0.497 e. The molecular weight excluding hydrogens is 256 g/mol. The summed E-state index contributed by atoms with van der Waals surface area (Å²) in [5.41, 5.74) is 0.534. The third-order valence-electron chi connectivity index (χ3n) is 3.56. The van der Waals surface area contributed by atoms with Crippen molar-refractivity contribution in [2.75, 3.05) is 27.3 Å². The van der Waals surface area contributed by atoms with Crippen molar-refractivity contribution in [2.45, 2.75) is 19.4 Å². The molecule has 1 amide bonds. The average molecular weight is 278 g/mol. The molecule has 1 aromatic carbocycles. The second-order valence-corrected chi connectivity index (χ2v) is 5.24. The summed E-state index contributed by atoms with van der Waals surface area (Å²) in [5.74, 6) is 1.67. The molecule has 0 radical (unpaired) electrons. The molecule has 1 aliphatic heterocycles. The van der Waals surface area contributed by atoms with Crippen molar-refractivity contribution in [1.82, 2.24) is 10.6 Å². The SMILES string of the molecule is COc1ccc(C(=O)NC2CNCC(C)C2)c(OC)c1. The smallest absolute Gasteiger partial charge is 0.255 e. The minimum absolute atomic E-state index is 0.106. The van der Waals surface area contributed by atoms with Gasteiger partial charge in [-0.3, -0.25) is 4.79 Å². The van der Waals surface area contributed by atoms with E-state index in [1.807, 2.05) is 0 Å². The Hall–Kier alpha value is -1.75. The van der Waals surface area contributed by atoms with Gasteiger partial charge < -0.3 is 20.1 Å². The molecule has 0 spiro atoms. The molecule has 2 N–H and O–H groups in total. The minimum atomic E-state index is -0.106. The van der Waals surface area contributed by atoms with Crippen LogP contribution in [0.25, 0.3) is 0 Å². The van der Waals surface area contributed by atoms with Gasteiger partial charge in [0.25, 0.3) is 5.91 Å². The molecule has 2 unspecified atom stereocenters. The highest BCUT2D eigenvalue weighted by atomic mass is 16.5. The summed E-state index contributed by atoms with van der Waals surface area (Å²) in [6.07, 6.45) is 0.997. The van der Waals surface area contributed by atoms with Crippen LogP contribution in [0.3, 0.4) is 0 Å². The number of piperidine rings is 1. The van der Waals surface area contributed by atoms with E-state index in [-0.39, 0.29) is 11.9 Å². The van der Waals surface area contributed by atoms with Gasteiger partial charge in [-0.2, -0.15) is 0 Å². The summed E-state index contributed by atoms with van der Waals surface area (Å²) >= 11 is 0. The van der Waals surface area contributed by atoms with Crippen molar-refractivity contribution in [3.8, 4) is 11.5 Å². The Morgan fingerprint density at radius 3 is 2.75 bits per heavy atom. The molecule has 0 saturated carbocycles. The lowest BCUT2D eigenvalue weighted by Crippen LogP contribution is -2.48. The van der Waals surface area contributed by atoms with Crippen molar-refractivity contribution in [2.24, 2.45) is 5.92 Å². The molecule has 0 aliphatic carbocycles. The quantitative estimate of drug-likeness (QED) is 0.875. The molecule has 1 aromatic rings. The fourth-order valence-corrected chi connectivity index (χ4v) is 2.52. The molecule has 20 heavy (non-hydrogen) atoms. The highest BCUT2D eigenvalue weighted by Gasteiger charge is 2.22. The maximum atomic E-state index is 12.3. The molecule has 110 valence electrons. The second kappa shape index (κ2) is 6.61. The summed E-state index contributed by atoms with van der Waals surface area (Å²) in [5, 5.41) is 6.38. The summed E-state index contributed by atoms with van der Waals surface area (Å²) in [7, 11) is 3.14. The first-order valence-corrected chi connectivity index (χ1v) is 6.87. The van der Waals surface area contributed by atoms with Gasteiger partial charge in [0.15, 0.2) is 0 Å². The van der Waals surface area contributed by atoms with Crippen molar-refractivity contribution in [1.29, 1.82) is 0 Å². The molecule has 2 atom stereocenters. The van der Waals surface area contributed by atoms with Crippen LogP contribution in [0.4, 0.5) is 0 Å². The number of amides is 1. The molecule has 5 nitrogen and oxygen atoms in total.